The van der Waals surface area contributed by atoms with Crippen LogP contribution in [0.2, 0.25) is 0 Å². The number of nitrogens with zero attached hydrogens (tertiary/aromatic N) is 4. The third-order valence-electron chi connectivity index (χ3n) is 3.48. The highest BCUT2D eigenvalue weighted by molar-refractivity contribution is 6.07. The Bertz CT molecular complexity index is 822. The van der Waals surface area contributed by atoms with Crippen molar-refractivity contribution in [2.75, 3.05) is 11.9 Å². The fraction of sp³-hybridized carbons (Fsp3) is 0.467. The van der Waals surface area contributed by atoms with Crippen molar-refractivity contribution < 1.29 is 22.8 Å². The van der Waals surface area contributed by atoms with Gasteiger partial charge in [0.05, 0.1) is 11.9 Å². The van der Waals surface area contributed by atoms with E-state index in [-0.39, 0.29) is 23.0 Å². The molecule has 2 rings (SSSR count). The quantitative estimate of drug-likeness (QED) is 0.837. The monoisotopic (exact) mass is 372 g/mol. The minimum Gasteiger partial charge on any atom is -0.350 e. The van der Waals surface area contributed by atoms with Gasteiger partial charge in [-0.2, -0.15) is 23.4 Å². The number of aromatic nitrogens is 4. The minimum absolute atomic E-state index is 0.0912. The lowest BCUT2D eigenvalue weighted by atomic mass is 10.2. The summed E-state index contributed by atoms with van der Waals surface area (Å²) in [5.74, 6) is -1.06. The molecule has 0 aliphatic rings. The van der Waals surface area contributed by atoms with Crippen LogP contribution in [0.25, 0.3) is 0 Å². The molecule has 26 heavy (non-hydrogen) atoms. The minimum atomic E-state index is -4.66. The predicted molar refractivity (Wildman–Crippen MR) is 86.5 cm³/mol. The van der Waals surface area contributed by atoms with Gasteiger partial charge in [-0.3, -0.25) is 19.0 Å². The van der Waals surface area contributed by atoms with E-state index < -0.39 is 23.7 Å². The van der Waals surface area contributed by atoms with E-state index in [4.69, 9.17) is 0 Å². The number of aryl methyl sites for hydroxylation is 2. The van der Waals surface area contributed by atoms with Gasteiger partial charge in [-0.15, -0.1) is 0 Å². The lowest BCUT2D eigenvalue weighted by Gasteiger charge is -2.10. The number of hydrogen-bond donors (Lipinski definition) is 2. The van der Waals surface area contributed by atoms with Crippen LogP contribution in [-0.4, -0.2) is 37.9 Å². The van der Waals surface area contributed by atoms with E-state index in [0.29, 0.717) is 12.6 Å². The van der Waals surface area contributed by atoms with Gasteiger partial charge in [0.15, 0.2) is 5.69 Å². The zero-order valence-electron chi connectivity index (χ0n) is 14.7. The number of halogens is 3. The molecule has 142 valence electrons. The van der Waals surface area contributed by atoms with Crippen LogP contribution in [0, 0.1) is 5.92 Å². The first-order valence-electron chi connectivity index (χ1n) is 7.73. The average molecular weight is 372 g/mol. The van der Waals surface area contributed by atoms with Crippen LogP contribution in [0.5, 0.6) is 0 Å². The zero-order valence-corrected chi connectivity index (χ0v) is 14.7. The van der Waals surface area contributed by atoms with Gasteiger partial charge in [-0.1, -0.05) is 13.8 Å². The summed E-state index contributed by atoms with van der Waals surface area (Å²) in [6.07, 6.45) is -3.41. The van der Waals surface area contributed by atoms with Gasteiger partial charge in [-0.05, 0) is 5.92 Å². The summed E-state index contributed by atoms with van der Waals surface area (Å²) >= 11 is 0. The molecule has 0 saturated heterocycles. The van der Waals surface area contributed by atoms with E-state index in [1.807, 2.05) is 13.8 Å². The summed E-state index contributed by atoms with van der Waals surface area (Å²) in [6, 6.07) is 0.643. The van der Waals surface area contributed by atoms with Crippen molar-refractivity contribution in [3.8, 4) is 0 Å². The molecule has 0 bridgehead atoms. The summed E-state index contributed by atoms with van der Waals surface area (Å²) in [4.78, 5) is 24.6. The van der Waals surface area contributed by atoms with E-state index in [9.17, 15) is 22.8 Å². The largest absolute Gasteiger partial charge is 0.435 e. The second-order valence-corrected chi connectivity index (χ2v) is 6.12. The highest BCUT2D eigenvalue weighted by Crippen LogP contribution is 2.28. The Morgan fingerprint density at radius 1 is 1.19 bits per heavy atom. The first-order chi connectivity index (χ1) is 12.0. The van der Waals surface area contributed by atoms with Crippen molar-refractivity contribution >= 4 is 17.5 Å². The Kier molecular flexibility index (Phi) is 5.38. The van der Waals surface area contributed by atoms with Crippen molar-refractivity contribution in [3.05, 3.63) is 29.3 Å². The number of carbonyl (C=O) groups excluding carboxylic acids is 2. The molecule has 0 aromatic carbocycles. The average Bonchev–Trinajstić information content (AvgIpc) is 3.08. The Labute approximate surface area is 147 Å². The van der Waals surface area contributed by atoms with E-state index in [2.05, 4.69) is 20.8 Å². The maximum absolute atomic E-state index is 12.7. The SMILES string of the molecule is CC(C)CNC(=O)c1c(NC(=O)c2cc(C(F)(F)F)nn2C)cnn1C. The lowest BCUT2D eigenvalue weighted by Crippen LogP contribution is -2.30. The van der Waals surface area contributed by atoms with Crippen molar-refractivity contribution in [3.63, 3.8) is 0 Å². The molecule has 11 heteroatoms. The molecule has 2 aromatic rings. The highest BCUT2D eigenvalue weighted by atomic mass is 19.4. The third kappa shape index (κ3) is 4.21. The Balaban J connectivity index is 2.23. The molecule has 8 nitrogen and oxygen atoms in total. The van der Waals surface area contributed by atoms with Gasteiger partial charge >= 0.3 is 6.18 Å². The lowest BCUT2D eigenvalue weighted by molar-refractivity contribution is -0.141. The van der Waals surface area contributed by atoms with Gasteiger partial charge in [0.25, 0.3) is 11.8 Å². The number of rotatable bonds is 5. The summed E-state index contributed by atoms with van der Waals surface area (Å²) < 4.78 is 40.3. The first kappa shape index (κ1) is 19.5. The number of amides is 2. The van der Waals surface area contributed by atoms with E-state index in [0.717, 1.165) is 4.68 Å². The summed E-state index contributed by atoms with van der Waals surface area (Å²) in [5.41, 5.74) is -1.29. The topological polar surface area (TPSA) is 93.8 Å². The third-order valence-corrected chi connectivity index (χ3v) is 3.48. The maximum Gasteiger partial charge on any atom is 0.435 e. The maximum atomic E-state index is 12.7. The molecule has 0 spiro atoms. The molecule has 2 amide bonds. The molecule has 0 saturated carbocycles. The van der Waals surface area contributed by atoms with Crippen LogP contribution in [0.3, 0.4) is 0 Å². The number of carbonyl (C=O) groups is 2. The molecule has 2 N–H and O–H groups in total. The second kappa shape index (κ2) is 7.18. The van der Waals surface area contributed by atoms with Gasteiger partial charge < -0.3 is 10.6 Å². The van der Waals surface area contributed by atoms with E-state index in [1.54, 1.807) is 0 Å². The van der Waals surface area contributed by atoms with Crippen LogP contribution >= 0.6 is 0 Å². The molecule has 2 aromatic heterocycles. The number of alkyl halides is 3. The van der Waals surface area contributed by atoms with Gasteiger partial charge in [-0.25, -0.2) is 0 Å². The number of nitrogens with one attached hydrogen (secondary N) is 2. The number of anilines is 1. The van der Waals surface area contributed by atoms with Crippen molar-refractivity contribution in [1.82, 2.24) is 24.9 Å². The van der Waals surface area contributed by atoms with Crippen LogP contribution < -0.4 is 10.6 Å². The first-order valence-corrected chi connectivity index (χ1v) is 7.73. The summed E-state index contributed by atoms with van der Waals surface area (Å²) in [5, 5.41) is 12.3. The van der Waals surface area contributed by atoms with Crippen LogP contribution in [0.4, 0.5) is 18.9 Å². The molecular weight excluding hydrogens is 353 g/mol. The van der Waals surface area contributed by atoms with Crippen molar-refractivity contribution in [1.29, 1.82) is 0 Å². The smallest absolute Gasteiger partial charge is 0.350 e. The van der Waals surface area contributed by atoms with Crippen LogP contribution in [0.1, 0.15) is 40.5 Å². The fourth-order valence-corrected chi connectivity index (χ4v) is 2.18. The normalized spacial score (nSPS) is 11.7. The van der Waals surface area contributed by atoms with E-state index >= 15 is 0 Å². The zero-order chi connectivity index (χ0) is 19.6. The fourth-order valence-electron chi connectivity index (χ4n) is 2.18. The molecule has 0 atom stereocenters. The van der Waals surface area contributed by atoms with Gasteiger partial charge in [0, 0.05) is 26.7 Å². The van der Waals surface area contributed by atoms with Crippen molar-refractivity contribution in [2.24, 2.45) is 20.0 Å². The highest BCUT2D eigenvalue weighted by Gasteiger charge is 2.35. The standard InChI is InChI=1S/C15H19F3N6O2/c1-8(2)6-19-14(26)12-9(7-20-24(12)4)21-13(25)10-5-11(15(16,17)18)22-23(10)3/h5,7-8H,6H2,1-4H3,(H,19,26)(H,21,25). The summed E-state index contributed by atoms with van der Waals surface area (Å²) in [6.45, 7) is 4.27. The molecular formula is C15H19F3N6O2. The molecule has 0 aliphatic heterocycles. The second-order valence-electron chi connectivity index (χ2n) is 6.12. The van der Waals surface area contributed by atoms with E-state index in [1.165, 1.54) is 25.0 Å². The predicted octanol–water partition coefficient (Wildman–Crippen LogP) is 1.81. The molecule has 2 heterocycles. The summed E-state index contributed by atoms with van der Waals surface area (Å²) in [7, 11) is 2.75. The van der Waals surface area contributed by atoms with Crippen LogP contribution in [0.15, 0.2) is 12.3 Å². The molecule has 0 unspecified atom stereocenters. The Hall–Kier alpha value is -2.85. The molecule has 0 radical (unpaired) electrons. The van der Waals surface area contributed by atoms with Gasteiger partial charge in [0.2, 0.25) is 0 Å². The Morgan fingerprint density at radius 3 is 2.38 bits per heavy atom. The number of hydrogen-bond acceptors (Lipinski definition) is 4. The molecule has 0 fully saturated rings. The van der Waals surface area contributed by atoms with Crippen molar-refractivity contribution in [2.45, 2.75) is 20.0 Å². The molecule has 0 aliphatic carbocycles. The van der Waals surface area contributed by atoms with Crippen LogP contribution in [-0.2, 0) is 20.3 Å². The van der Waals surface area contributed by atoms with Gasteiger partial charge in [0.1, 0.15) is 11.4 Å². The Morgan fingerprint density at radius 2 is 1.85 bits per heavy atom.